The first kappa shape index (κ1) is 19.3. The molecule has 6 heteroatoms. The predicted octanol–water partition coefficient (Wildman–Crippen LogP) is 3.78. The SMILES string of the molecule is COCCOc1ccc(S(=O)(=O)Oc2cccc(C(C)(C)C)c2)cc1. The maximum atomic E-state index is 12.5. The fraction of sp³-hybridized carbons (Fsp3) is 0.368. The molecule has 2 aromatic carbocycles. The Morgan fingerprint density at radius 2 is 1.60 bits per heavy atom. The van der Waals surface area contributed by atoms with E-state index in [4.69, 9.17) is 13.7 Å². The van der Waals surface area contributed by atoms with Gasteiger partial charge in [0.2, 0.25) is 0 Å². The Kier molecular flexibility index (Phi) is 6.08. The van der Waals surface area contributed by atoms with Gasteiger partial charge in [-0.3, -0.25) is 0 Å². The molecule has 0 aliphatic rings. The van der Waals surface area contributed by atoms with E-state index >= 15 is 0 Å². The average Bonchev–Trinajstić information content (AvgIpc) is 2.55. The molecule has 0 aliphatic heterocycles. The molecule has 0 aliphatic carbocycles. The van der Waals surface area contributed by atoms with Crippen molar-refractivity contribution in [3.05, 3.63) is 54.1 Å². The van der Waals surface area contributed by atoms with Crippen molar-refractivity contribution in [3.63, 3.8) is 0 Å². The van der Waals surface area contributed by atoms with Crippen molar-refractivity contribution in [2.45, 2.75) is 31.1 Å². The first-order chi connectivity index (χ1) is 11.7. The van der Waals surface area contributed by atoms with Gasteiger partial charge in [-0.05, 0) is 47.4 Å². The molecule has 0 radical (unpaired) electrons. The molecular weight excluding hydrogens is 340 g/mol. The molecule has 0 spiro atoms. The van der Waals surface area contributed by atoms with Crippen LogP contribution in [-0.2, 0) is 20.3 Å². The highest BCUT2D eigenvalue weighted by Gasteiger charge is 2.19. The minimum Gasteiger partial charge on any atom is -0.491 e. The quantitative estimate of drug-likeness (QED) is 0.553. The molecule has 0 amide bonds. The van der Waals surface area contributed by atoms with Gasteiger partial charge >= 0.3 is 10.1 Å². The van der Waals surface area contributed by atoms with E-state index in [-0.39, 0.29) is 10.3 Å². The van der Waals surface area contributed by atoms with E-state index in [1.165, 1.54) is 12.1 Å². The minimum atomic E-state index is -3.90. The van der Waals surface area contributed by atoms with Crippen LogP contribution in [0.3, 0.4) is 0 Å². The molecule has 0 saturated heterocycles. The number of hydrogen-bond donors (Lipinski definition) is 0. The molecule has 0 saturated carbocycles. The van der Waals surface area contributed by atoms with Crippen molar-refractivity contribution in [1.82, 2.24) is 0 Å². The molecule has 2 rings (SSSR count). The van der Waals surface area contributed by atoms with E-state index in [1.54, 1.807) is 37.4 Å². The highest BCUT2D eigenvalue weighted by atomic mass is 32.2. The van der Waals surface area contributed by atoms with E-state index < -0.39 is 10.1 Å². The summed E-state index contributed by atoms with van der Waals surface area (Å²) in [6.07, 6.45) is 0. The van der Waals surface area contributed by atoms with Crippen molar-refractivity contribution in [2.75, 3.05) is 20.3 Å². The number of rotatable bonds is 7. The molecule has 0 heterocycles. The third kappa shape index (κ3) is 5.47. The minimum absolute atomic E-state index is 0.0766. The van der Waals surface area contributed by atoms with Gasteiger partial charge in [0.25, 0.3) is 0 Å². The Labute approximate surface area is 149 Å². The first-order valence-electron chi connectivity index (χ1n) is 7.99. The van der Waals surface area contributed by atoms with E-state index in [0.29, 0.717) is 24.7 Å². The summed E-state index contributed by atoms with van der Waals surface area (Å²) in [6.45, 7) is 7.04. The Hall–Kier alpha value is -2.05. The van der Waals surface area contributed by atoms with Crippen molar-refractivity contribution < 1.29 is 22.1 Å². The molecule has 5 nitrogen and oxygen atoms in total. The van der Waals surface area contributed by atoms with Gasteiger partial charge in [-0.1, -0.05) is 32.9 Å². The summed E-state index contributed by atoms with van der Waals surface area (Å²) in [5, 5.41) is 0. The summed E-state index contributed by atoms with van der Waals surface area (Å²) in [4.78, 5) is 0.0766. The summed E-state index contributed by atoms with van der Waals surface area (Å²) >= 11 is 0. The Balaban J connectivity index is 2.14. The average molecular weight is 364 g/mol. The second kappa shape index (κ2) is 7.89. The van der Waals surface area contributed by atoms with Crippen LogP contribution in [0.15, 0.2) is 53.4 Å². The molecule has 25 heavy (non-hydrogen) atoms. The fourth-order valence-corrected chi connectivity index (χ4v) is 3.06. The van der Waals surface area contributed by atoms with Gasteiger partial charge in [0, 0.05) is 7.11 Å². The number of hydrogen-bond acceptors (Lipinski definition) is 5. The highest BCUT2D eigenvalue weighted by Crippen LogP contribution is 2.27. The maximum absolute atomic E-state index is 12.5. The Bertz CT molecular complexity index is 789. The lowest BCUT2D eigenvalue weighted by molar-refractivity contribution is 0.146. The van der Waals surface area contributed by atoms with E-state index in [9.17, 15) is 8.42 Å². The van der Waals surface area contributed by atoms with Gasteiger partial charge in [-0.2, -0.15) is 8.42 Å². The molecule has 0 N–H and O–H groups in total. The molecule has 0 aromatic heterocycles. The number of benzene rings is 2. The second-order valence-corrected chi connectivity index (χ2v) is 8.17. The Morgan fingerprint density at radius 3 is 2.20 bits per heavy atom. The zero-order valence-corrected chi connectivity index (χ0v) is 15.8. The monoisotopic (exact) mass is 364 g/mol. The highest BCUT2D eigenvalue weighted by molar-refractivity contribution is 7.87. The normalized spacial score (nSPS) is 12.0. The van der Waals surface area contributed by atoms with Gasteiger partial charge in [-0.15, -0.1) is 0 Å². The zero-order valence-electron chi connectivity index (χ0n) is 15.0. The van der Waals surface area contributed by atoms with Crippen LogP contribution in [0.5, 0.6) is 11.5 Å². The van der Waals surface area contributed by atoms with Crippen molar-refractivity contribution in [3.8, 4) is 11.5 Å². The summed E-state index contributed by atoms with van der Waals surface area (Å²) in [5.74, 6) is 0.874. The smallest absolute Gasteiger partial charge is 0.339 e. The maximum Gasteiger partial charge on any atom is 0.339 e. The predicted molar refractivity (Wildman–Crippen MR) is 96.8 cm³/mol. The van der Waals surface area contributed by atoms with Gasteiger partial charge in [0.15, 0.2) is 0 Å². The third-order valence-corrected chi connectivity index (χ3v) is 4.84. The van der Waals surface area contributed by atoms with E-state index in [2.05, 4.69) is 20.8 Å². The molecule has 136 valence electrons. The molecule has 0 fully saturated rings. The van der Waals surface area contributed by atoms with Gasteiger partial charge in [0.05, 0.1) is 6.61 Å². The molecule has 2 aromatic rings. The van der Waals surface area contributed by atoms with Crippen LogP contribution in [0.4, 0.5) is 0 Å². The van der Waals surface area contributed by atoms with Crippen LogP contribution in [0.2, 0.25) is 0 Å². The third-order valence-electron chi connectivity index (χ3n) is 3.57. The van der Waals surface area contributed by atoms with E-state index in [0.717, 1.165) is 5.56 Å². The summed E-state index contributed by atoms with van der Waals surface area (Å²) in [6, 6.07) is 13.2. The van der Waals surface area contributed by atoms with Crippen LogP contribution in [-0.4, -0.2) is 28.7 Å². The summed E-state index contributed by atoms with van der Waals surface area (Å²) in [7, 11) is -2.31. The van der Waals surface area contributed by atoms with Crippen LogP contribution < -0.4 is 8.92 Å². The molecule has 0 atom stereocenters. The topological polar surface area (TPSA) is 61.8 Å². The molecule has 0 bridgehead atoms. The van der Waals surface area contributed by atoms with Crippen LogP contribution in [0.25, 0.3) is 0 Å². The largest absolute Gasteiger partial charge is 0.491 e. The van der Waals surface area contributed by atoms with Crippen molar-refractivity contribution in [1.29, 1.82) is 0 Å². The summed E-state index contributed by atoms with van der Waals surface area (Å²) in [5.41, 5.74) is 0.909. The number of ether oxygens (including phenoxy) is 2. The lowest BCUT2D eigenvalue weighted by Crippen LogP contribution is -2.13. The fourth-order valence-electron chi connectivity index (χ4n) is 2.13. The van der Waals surface area contributed by atoms with Crippen LogP contribution in [0.1, 0.15) is 26.3 Å². The number of methoxy groups -OCH3 is 1. The molecular formula is C19H24O5S. The summed E-state index contributed by atoms with van der Waals surface area (Å²) < 4.78 is 40.5. The zero-order chi connectivity index (χ0) is 18.5. The first-order valence-corrected chi connectivity index (χ1v) is 9.40. The van der Waals surface area contributed by atoms with Gasteiger partial charge in [-0.25, -0.2) is 0 Å². The second-order valence-electron chi connectivity index (χ2n) is 6.63. The lowest BCUT2D eigenvalue weighted by atomic mass is 9.87. The standard InChI is InChI=1S/C19H24O5S/c1-19(2,3)15-6-5-7-17(14-15)24-25(20,21)18-10-8-16(9-11-18)23-13-12-22-4/h5-11,14H,12-13H2,1-4H3. The van der Waals surface area contributed by atoms with Crippen molar-refractivity contribution in [2.24, 2.45) is 0 Å². The Morgan fingerprint density at radius 1 is 0.920 bits per heavy atom. The van der Waals surface area contributed by atoms with Crippen LogP contribution in [0, 0.1) is 0 Å². The van der Waals surface area contributed by atoms with Crippen molar-refractivity contribution >= 4 is 10.1 Å². The molecule has 0 unspecified atom stereocenters. The lowest BCUT2D eigenvalue weighted by Gasteiger charge is -2.19. The van der Waals surface area contributed by atoms with Gasteiger partial charge in [0.1, 0.15) is 23.0 Å². The van der Waals surface area contributed by atoms with E-state index in [1.807, 2.05) is 6.07 Å². The van der Waals surface area contributed by atoms with Crippen LogP contribution >= 0.6 is 0 Å². The van der Waals surface area contributed by atoms with Gasteiger partial charge < -0.3 is 13.7 Å².